The fourth-order valence-corrected chi connectivity index (χ4v) is 3.12. The standard InChI is InChI=1S/C14H18N2O4S/c1-2-5-12(14(17)18)9-16-21(19,20)10-13-7-4-3-6-11(13)8-15/h3-4,6-7,12,16H,2,5,9-10H2,1H3,(H,17,18). The highest BCUT2D eigenvalue weighted by molar-refractivity contribution is 7.88. The highest BCUT2D eigenvalue weighted by Gasteiger charge is 2.20. The van der Waals surface area contributed by atoms with Crippen molar-refractivity contribution in [3.8, 4) is 6.07 Å². The molecule has 1 aromatic rings. The van der Waals surface area contributed by atoms with Crippen molar-refractivity contribution in [2.24, 2.45) is 5.92 Å². The second-order valence-corrected chi connectivity index (χ2v) is 6.51. The SMILES string of the molecule is CCCC(CNS(=O)(=O)Cc1ccccc1C#N)C(=O)O. The molecule has 0 amide bonds. The Morgan fingerprint density at radius 3 is 2.67 bits per heavy atom. The van der Waals surface area contributed by atoms with Crippen LogP contribution in [0.3, 0.4) is 0 Å². The van der Waals surface area contributed by atoms with Gasteiger partial charge in [-0.25, -0.2) is 13.1 Å². The normalized spacial score (nSPS) is 12.6. The first kappa shape index (κ1) is 17.1. The lowest BCUT2D eigenvalue weighted by Gasteiger charge is -2.13. The Balaban J connectivity index is 2.74. The number of benzene rings is 1. The Morgan fingerprint density at radius 1 is 1.43 bits per heavy atom. The number of rotatable bonds is 8. The van der Waals surface area contributed by atoms with Gasteiger partial charge < -0.3 is 5.11 Å². The zero-order valence-corrected chi connectivity index (χ0v) is 12.6. The quantitative estimate of drug-likeness (QED) is 0.756. The molecule has 114 valence electrons. The van der Waals surface area contributed by atoms with Gasteiger partial charge in [0.2, 0.25) is 10.0 Å². The molecule has 0 aromatic heterocycles. The molecule has 0 bridgehead atoms. The number of nitriles is 1. The molecule has 0 radical (unpaired) electrons. The molecular formula is C14H18N2O4S. The van der Waals surface area contributed by atoms with Gasteiger partial charge in [-0.3, -0.25) is 4.79 Å². The molecule has 7 heteroatoms. The molecular weight excluding hydrogens is 292 g/mol. The summed E-state index contributed by atoms with van der Waals surface area (Å²) in [4.78, 5) is 11.0. The van der Waals surface area contributed by atoms with E-state index in [0.717, 1.165) is 0 Å². The topological polar surface area (TPSA) is 107 Å². The van der Waals surface area contributed by atoms with Gasteiger partial charge in [-0.05, 0) is 18.1 Å². The average molecular weight is 310 g/mol. The first-order chi connectivity index (χ1) is 9.89. The van der Waals surface area contributed by atoms with Crippen molar-refractivity contribution >= 4 is 16.0 Å². The van der Waals surface area contributed by atoms with E-state index in [4.69, 9.17) is 10.4 Å². The fraction of sp³-hybridized carbons (Fsp3) is 0.429. The predicted molar refractivity (Wildman–Crippen MR) is 77.8 cm³/mol. The summed E-state index contributed by atoms with van der Waals surface area (Å²) in [6.07, 6.45) is 1.07. The number of nitrogens with one attached hydrogen (secondary N) is 1. The second-order valence-electron chi connectivity index (χ2n) is 4.70. The van der Waals surface area contributed by atoms with Crippen LogP contribution in [0, 0.1) is 17.2 Å². The Morgan fingerprint density at radius 2 is 2.10 bits per heavy atom. The fourth-order valence-electron chi connectivity index (χ4n) is 1.90. The molecule has 0 fully saturated rings. The highest BCUT2D eigenvalue weighted by Crippen LogP contribution is 2.12. The average Bonchev–Trinajstić information content (AvgIpc) is 2.43. The van der Waals surface area contributed by atoms with Gasteiger partial charge >= 0.3 is 5.97 Å². The molecule has 6 nitrogen and oxygen atoms in total. The zero-order chi connectivity index (χ0) is 15.9. The minimum atomic E-state index is -3.68. The molecule has 0 aliphatic heterocycles. The van der Waals surface area contributed by atoms with Crippen LogP contribution in [-0.2, 0) is 20.6 Å². The van der Waals surface area contributed by atoms with Crippen LogP contribution in [0.25, 0.3) is 0 Å². The van der Waals surface area contributed by atoms with E-state index in [2.05, 4.69) is 4.72 Å². The van der Waals surface area contributed by atoms with Crippen molar-refractivity contribution < 1.29 is 18.3 Å². The van der Waals surface area contributed by atoms with Gasteiger partial charge in [-0.15, -0.1) is 0 Å². The lowest BCUT2D eigenvalue weighted by molar-refractivity contribution is -0.141. The Bertz CT molecular complexity index is 635. The van der Waals surface area contributed by atoms with E-state index in [1.54, 1.807) is 24.3 Å². The summed E-state index contributed by atoms with van der Waals surface area (Å²) < 4.78 is 26.3. The van der Waals surface area contributed by atoms with Gasteiger partial charge in [-0.1, -0.05) is 31.5 Å². The third-order valence-electron chi connectivity index (χ3n) is 3.02. The van der Waals surface area contributed by atoms with Gasteiger partial charge in [0.25, 0.3) is 0 Å². The van der Waals surface area contributed by atoms with Gasteiger partial charge in [0, 0.05) is 6.54 Å². The van der Waals surface area contributed by atoms with E-state index in [1.165, 1.54) is 0 Å². The Labute approximate surface area is 124 Å². The van der Waals surface area contributed by atoms with Gasteiger partial charge in [-0.2, -0.15) is 5.26 Å². The Hall–Kier alpha value is -1.91. The van der Waals surface area contributed by atoms with Crippen molar-refractivity contribution in [3.05, 3.63) is 35.4 Å². The molecule has 0 spiro atoms. The van der Waals surface area contributed by atoms with E-state index in [-0.39, 0.29) is 12.3 Å². The first-order valence-electron chi connectivity index (χ1n) is 6.57. The number of nitrogens with zero attached hydrogens (tertiary/aromatic N) is 1. The van der Waals surface area contributed by atoms with E-state index >= 15 is 0 Å². The molecule has 1 aromatic carbocycles. The van der Waals surface area contributed by atoms with Crippen molar-refractivity contribution in [3.63, 3.8) is 0 Å². The van der Waals surface area contributed by atoms with Crippen LogP contribution in [0.1, 0.15) is 30.9 Å². The van der Waals surface area contributed by atoms with E-state index in [1.807, 2.05) is 13.0 Å². The lowest BCUT2D eigenvalue weighted by atomic mass is 10.1. The van der Waals surface area contributed by atoms with Crippen LogP contribution in [-0.4, -0.2) is 26.0 Å². The summed E-state index contributed by atoms with van der Waals surface area (Å²) >= 11 is 0. The summed E-state index contributed by atoms with van der Waals surface area (Å²) in [5, 5.41) is 17.9. The third-order valence-corrected chi connectivity index (χ3v) is 4.32. The number of carbonyl (C=O) groups is 1. The molecule has 0 saturated heterocycles. The van der Waals surface area contributed by atoms with Gasteiger partial charge in [0.1, 0.15) is 0 Å². The van der Waals surface area contributed by atoms with Crippen LogP contribution in [0.5, 0.6) is 0 Å². The molecule has 0 aliphatic rings. The molecule has 1 rings (SSSR count). The molecule has 2 N–H and O–H groups in total. The van der Waals surface area contributed by atoms with Crippen LogP contribution in [0.4, 0.5) is 0 Å². The number of hydrogen-bond acceptors (Lipinski definition) is 4. The highest BCUT2D eigenvalue weighted by atomic mass is 32.2. The summed E-state index contributed by atoms with van der Waals surface area (Å²) in [5.74, 6) is -2.09. The molecule has 0 aliphatic carbocycles. The van der Waals surface area contributed by atoms with Crippen LogP contribution >= 0.6 is 0 Å². The van der Waals surface area contributed by atoms with Gasteiger partial charge in [0.15, 0.2) is 0 Å². The third kappa shape index (κ3) is 5.53. The molecule has 1 atom stereocenters. The summed E-state index contributed by atoms with van der Waals surface area (Å²) in [5.41, 5.74) is 0.695. The monoisotopic (exact) mass is 310 g/mol. The van der Waals surface area contributed by atoms with Crippen LogP contribution < -0.4 is 4.72 Å². The number of aliphatic carboxylic acids is 1. The molecule has 21 heavy (non-hydrogen) atoms. The van der Waals surface area contributed by atoms with Gasteiger partial charge in [0.05, 0.1) is 23.3 Å². The maximum Gasteiger partial charge on any atom is 0.307 e. The van der Waals surface area contributed by atoms with Crippen molar-refractivity contribution in [2.75, 3.05) is 6.54 Å². The van der Waals surface area contributed by atoms with Crippen LogP contribution in [0.15, 0.2) is 24.3 Å². The van der Waals surface area contributed by atoms with E-state index in [0.29, 0.717) is 24.0 Å². The zero-order valence-electron chi connectivity index (χ0n) is 11.7. The number of carboxylic acid groups (broad SMARTS) is 1. The molecule has 1 unspecified atom stereocenters. The predicted octanol–water partition coefficient (Wildman–Crippen LogP) is 1.48. The number of sulfonamides is 1. The van der Waals surface area contributed by atoms with E-state index < -0.39 is 21.9 Å². The maximum absolute atomic E-state index is 12.0. The minimum Gasteiger partial charge on any atom is -0.481 e. The lowest BCUT2D eigenvalue weighted by Crippen LogP contribution is -2.33. The Kier molecular flexibility index (Phi) is 6.34. The number of carboxylic acids is 1. The first-order valence-corrected chi connectivity index (χ1v) is 8.23. The number of hydrogen-bond donors (Lipinski definition) is 2. The largest absolute Gasteiger partial charge is 0.481 e. The van der Waals surface area contributed by atoms with Crippen LogP contribution in [0.2, 0.25) is 0 Å². The summed E-state index contributed by atoms with van der Waals surface area (Å²) in [6.45, 7) is 1.70. The smallest absolute Gasteiger partial charge is 0.307 e. The minimum absolute atomic E-state index is 0.139. The van der Waals surface area contributed by atoms with Crippen molar-refractivity contribution in [1.29, 1.82) is 5.26 Å². The summed E-state index contributed by atoms with van der Waals surface area (Å²) in [7, 11) is -3.68. The van der Waals surface area contributed by atoms with Crippen molar-refractivity contribution in [2.45, 2.75) is 25.5 Å². The van der Waals surface area contributed by atoms with E-state index in [9.17, 15) is 13.2 Å². The maximum atomic E-state index is 12.0. The molecule has 0 heterocycles. The molecule has 0 saturated carbocycles. The summed E-state index contributed by atoms with van der Waals surface area (Å²) in [6, 6.07) is 8.36. The second kappa shape index (κ2) is 7.76. The van der Waals surface area contributed by atoms with Crippen molar-refractivity contribution in [1.82, 2.24) is 4.72 Å².